The molecule has 12 heteroatoms. The molecule has 0 aromatic heterocycles. The molecule has 1 aromatic rings. The van der Waals surface area contributed by atoms with E-state index >= 15 is 0 Å². The average molecular weight is 437 g/mol. The molecule has 7 nitrogen and oxygen atoms in total. The van der Waals surface area contributed by atoms with Gasteiger partial charge < -0.3 is 15.2 Å². The zero-order valence-corrected chi connectivity index (χ0v) is 16.4. The summed E-state index contributed by atoms with van der Waals surface area (Å²) in [7, 11) is 5.18. The van der Waals surface area contributed by atoms with Crippen molar-refractivity contribution in [3.63, 3.8) is 0 Å². The molecule has 0 saturated carbocycles. The van der Waals surface area contributed by atoms with E-state index in [1.165, 1.54) is 60.3 Å². The van der Waals surface area contributed by atoms with Gasteiger partial charge in [-0.3, -0.25) is 14.4 Å². The maximum Gasteiger partial charge on any atom is 0.289 e. The van der Waals surface area contributed by atoms with E-state index in [9.17, 15) is 19.5 Å². The minimum absolute atomic E-state index is 0.0988. The molecule has 5 rings (SSSR count). The van der Waals surface area contributed by atoms with E-state index in [0.717, 1.165) is 4.90 Å². The molecule has 1 aromatic carbocycles. The van der Waals surface area contributed by atoms with Gasteiger partial charge in [-0.05, 0) is 36.5 Å². The Labute approximate surface area is 162 Å². The molecule has 2 bridgehead atoms. The maximum atomic E-state index is 13.0. The molecule has 0 radical (unpaired) electrons. The summed E-state index contributed by atoms with van der Waals surface area (Å²) >= 11 is 6.01. The minimum atomic E-state index is -1.85. The summed E-state index contributed by atoms with van der Waals surface area (Å²) in [6.07, 6.45) is 0. The van der Waals surface area contributed by atoms with Crippen molar-refractivity contribution < 1.29 is 24.2 Å². The van der Waals surface area contributed by atoms with Crippen molar-refractivity contribution >= 4 is 70.6 Å². The summed E-state index contributed by atoms with van der Waals surface area (Å²) in [4.78, 5) is 38.9. The van der Waals surface area contributed by atoms with E-state index < -0.39 is 34.1 Å². The number of hydrogen-bond donors (Lipinski definition) is 2. The zero-order valence-electron chi connectivity index (χ0n) is 12.3. The van der Waals surface area contributed by atoms with Crippen LogP contribution in [0.5, 0.6) is 11.5 Å². The maximum absolute atomic E-state index is 13.0. The van der Waals surface area contributed by atoms with Gasteiger partial charge in [0.25, 0.3) is 17.5 Å². The smallest absolute Gasteiger partial charge is 0.289 e. The van der Waals surface area contributed by atoms with Crippen LogP contribution in [0.4, 0.5) is 0 Å². The third-order valence-corrected chi connectivity index (χ3v) is 11.0. The van der Waals surface area contributed by atoms with E-state index in [-0.39, 0.29) is 16.5 Å². The number of nitrogens with zero attached hydrogens (tertiary/aromatic N) is 1. The SMILES string of the molecule is CC(=O)N1C(=O)C2NC(=O)C13Oc1cc(O)c(Cl)cc1[C@@H]3SSSS2. The van der Waals surface area contributed by atoms with Crippen LogP contribution in [0.15, 0.2) is 12.1 Å². The summed E-state index contributed by atoms with van der Waals surface area (Å²) < 4.78 is 5.87. The Morgan fingerprint density at radius 2 is 2.08 bits per heavy atom. The van der Waals surface area contributed by atoms with Gasteiger partial charge in [-0.25, -0.2) is 4.90 Å². The molecule has 3 saturated heterocycles. The molecule has 3 atom stereocenters. The van der Waals surface area contributed by atoms with Crippen molar-refractivity contribution in [2.45, 2.75) is 23.3 Å². The summed E-state index contributed by atoms with van der Waals surface area (Å²) in [6, 6.07) is 2.79. The molecular weight excluding hydrogens is 428 g/mol. The second kappa shape index (κ2) is 6.08. The van der Waals surface area contributed by atoms with Gasteiger partial charge in [0.15, 0.2) is 5.37 Å². The van der Waals surface area contributed by atoms with Crippen LogP contribution in [0.1, 0.15) is 17.7 Å². The number of hydrogen-bond acceptors (Lipinski definition) is 9. The first-order chi connectivity index (χ1) is 11.9. The standard InChI is InChI=1S/C13H9ClN2O5S4/c1-4(17)16-11(19)10-15-12(20)13(16)9(22-24-25-23-10)5-2-6(14)7(18)3-8(5)21-13/h2-3,9-10,18H,1H3,(H,15,20)/t9-,10?,13?/m0/s1. The van der Waals surface area contributed by atoms with Crippen LogP contribution in [-0.4, -0.2) is 38.8 Å². The number of rotatable bonds is 0. The van der Waals surface area contributed by atoms with Crippen LogP contribution in [0.25, 0.3) is 0 Å². The number of fused-ring (bicyclic) bond motifs is 6. The predicted molar refractivity (Wildman–Crippen MR) is 99.0 cm³/mol. The van der Waals surface area contributed by atoms with Crippen molar-refractivity contribution in [1.82, 2.24) is 10.2 Å². The fourth-order valence-electron chi connectivity index (χ4n) is 2.96. The van der Waals surface area contributed by atoms with Gasteiger partial charge in [0, 0.05) is 18.6 Å². The molecule has 3 amide bonds. The second-order valence-electron chi connectivity index (χ2n) is 5.39. The molecule has 25 heavy (non-hydrogen) atoms. The first-order valence-corrected chi connectivity index (χ1v) is 12.2. The largest absolute Gasteiger partial charge is 0.506 e. The lowest BCUT2D eigenvalue weighted by Gasteiger charge is -2.44. The summed E-state index contributed by atoms with van der Waals surface area (Å²) in [5, 5.41) is 11.0. The number of carbonyl (C=O) groups excluding carboxylic acids is 3. The van der Waals surface area contributed by atoms with Crippen LogP contribution in [0, 0.1) is 0 Å². The average Bonchev–Trinajstić information content (AvgIpc) is 2.87. The van der Waals surface area contributed by atoms with Crippen LogP contribution in [-0.2, 0) is 14.4 Å². The van der Waals surface area contributed by atoms with Gasteiger partial charge in [-0.1, -0.05) is 22.4 Å². The number of piperazine rings is 1. The van der Waals surface area contributed by atoms with E-state index in [0.29, 0.717) is 5.56 Å². The number of ether oxygens (including phenoxy) is 1. The molecule has 1 spiro atoms. The molecule has 4 aliphatic heterocycles. The molecule has 4 heterocycles. The van der Waals surface area contributed by atoms with Crippen molar-refractivity contribution in [3.8, 4) is 11.5 Å². The molecule has 3 fully saturated rings. The fraction of sp³-hybridized carbons (Fsp3) is 0.308. The first-order valence-electron chi connectivity index (χ1n) is 6.88. The van der Waals surface area contributed by atoms with Crippen LogP contribution < -0.4 is 10.1 Å². The Bertz CT molecular complexity index is 824. The number of amides is 3. The van der Waals surface area contributed by atoms with Crippen LogP contribution >= 0.6 is 52.8 Å². The summed E-state index contributed by atoms with van der Waals surface area (Å²) in [5.74, 6) is -1.70. The minimum Gasteiger partial charge on any atom is -0.506 e. The molecular formula is C13H9ClN2O5S4. The van der Waals surface area contributed by atoms with E-state index in [1.54, 1.807) is 0 Å². The Kier molecular flexibility index (Phi) is 4.27. The highest BCUT2D eigenvalue weighted by Gasteiger charge is 2.66. The Morgan fingerprint density at radius 3 is 2.80 bits per heavy atom. The monoisotopic (exact) mass is 436 g/mol. The molecule has 132 valence electrons. The summed E-state index contributed by atoms with van der Waals surface area (Å²) in [5.41, 5.74) is -1.30. The van der Waals surface area contributed by atoms with E-state index in [2.05, 4.69) is 5.32 Å². The third kappa shape index (κ3) is 2.43. The number of halogens is 1. The van der Waals surface area contributed by atoms with Gasteiger partial charge >= 0.3 is 0 Å². The Morgan fingerprint density at radius 1 is 1.36 bits per heavy atom. The van der Waals surface area contributed by atoms with Crippen LogP contribution in [0.3, 0.4) is 0 Å². The lowest BCUT2D eigenvalue weighted by molar-refractivity contribution is -0.179. The van der Waals surface area contributed by atoms with Crippen molar-refractivity contribution in [1.29, 1.82) is 0 Å². The quantitative estimate of drug-likeness (QED) is 0.595. The molecule has 0 aliphatic carbocycles. The van der Waals surface area contributed by atoms with Gasteiger partial charge in [0.2, 0.25) is 5.91 Å². The molecule has 4 aliphatic rings. The number of phenols is 1. The number of phenolic OH excluding ortho intramolecular Hbond substituents is 1. The second-order valence-corrected chi connectivity index (χ2v) is 11.8. The zero-order chi connectivity index (χ0) is 17.9. The molecule has 2 N–H and O–H groups in total. The van der Waals surface area contributed by atoms with Crippen LogP contribution in [0.2, 0.25) is 5.02 Å². The highest BCUT2D eigenvalue weighted by atomic mass is 35.5. The number of benzene rings is 1. The van der Waals surface area contributed by atoms with Crippen molar-refractivity contribution in [2.75, 3.05) is 0 Å². The highest BCUT2D eigenvalue weighted by molar-refractivity contribution is 9.26. The van der Waals surface area contributed by atoms with Gasteiger partial charge in [-0.15, -0.1) is 0 Å². The fourth-order valence-corrected chi connectivity index (χ4v) is 9.86. The van der Waals surface area contributed by atoms with Gasteiger partial charge in [0.1, 0.15) is 16.7 Å². The number of imide groups is 1. The van der Waals surface area contributed by atoms with Crippen molar-refractivity contribution in [2.24, 2.45) is 0 Å². The van der Waals surface area contributed by atoms with E-state index in [1.807, 2.05) is 0 Å². The lowest BCUT2D eigenvalue weighted by Crippen LogP contribution is -2.73. The number of nitrogens with one attached hydrogen (secondary N) is 1. The Hall–Kier alpha value is -0.880. The Balaban J connectivity index is 1.95. The molecule has 2 unspecified atom stereocenters. The topological polar surface area (TPSA) is 95.9 Å². The van der Waals surface area contributed by atoms with Gasteiger partial charge in [-0.2, -0.15) is 0 Å². The van der Waals surface area contributed by atoms with Gasteiger partial charge in [0.05, 0.1) is 5.02 Å². The predicted octanol–water partition coefficient (Wildman–Crippen LogP) is 2.70. The van der Waals surface area contributed by atoms with Crippen molar-refractivity contribution in [3.05, 3.63) is 22.7 Å². The summed E-state index contributed by atoms with van der Waals surface area (Å²) in [6.45, 7) is 1.22. The highest BCUT2D eigenvalue weighted by Crippen LogP contribution is 2.63. The third-order valence-electron chi connectivity index (χ3n) is 3.96. The lowest BCUT2D eigenvalue weighted by atomic mass is 9.99. The number of carbonyl (C=O) groups is 3. The normalized spacial score (nSPS) is 30.6. The van der Waals surface area contributed by atoms with E-state index in [4.69, 9.17) is 16.3 Å². The first kappa shape index (κ1) is 17.5. The number of aromatic hydroxyl groups is 1.